The summed E-state index contributed by atoms with van der Waals surface area (Å²) >= 11 is 2.20. The van der Waals surface area contributed by atoms with Crippen LogP contribution in [-0.4, -0.2) is 35.1 Å². The summed E-state index contributed by atoms with van der Waals surface area (Å²) < 4.78 is 40.2. The highest BCUT2D eigenvalue weighted by molar-refractivity contribution is 14.1. The van der Waals surface area contributed by atoms with Gasteiger partial charge in [0.05, 0.1) is 24.8 Å². The number of benzene rings is 3. The number of halogens is 1. The van der Waals surface area contributed by atoms with E-state index in [1.54, 1.807) is 18.2 Å². The molecule has 7 nitrogen and oxygen atoms in total. The van der Waals surface area contributed by atoms with Gasteiger partial charge in [0.2, 0.25) is 5.91 Å². The standard InChI is InChI=1S/C25H27IN2O5S/c1-16-10-17(2)12-20(11-16)28(15-25(29)27-22-8-6-19(26)13-18(22)3)34(30,31)21-7-9-23(32-4)24(14-21)33-5/h6-14H,15H2,1-5H3,(H,27,29). The van der Waals surface area contributed by atoms with E-state index in [1.165, 1.54) is 32.4 Å². The zero-order valence-corrected chi connectivity index (χ0v) is 22.7. The summed E-state index contributed by atoms with van der Waals surface area (Å²) in [6.45, 7) is 5.25. The van der Waals surface area contributed by atoms with Gasteiger partial charge in [0.1, 0.15) is 6.54 Å². The second-order valence-electron chi connectivity index (χ2n) is 7.88. The van der Waals surface area contributed by atoms with Crippen molar-refractivity contribution in [1.29, 1.82) is 0 Å². The van der Waals surface area contributed by atoms with E-state index in [-0.39, 0.29) is 10.6 Å². The number of hydrogen-bond donors (Lipinski definition) is 1. The first-order valence-electron chi connectivity index (χ1n) is 10.4. The Balaban J connectivity index is 2.04. The smallest absolute Gasteiger partial charge is 0.264 e. The van der Waals surface area contributed by atoms with Crippen LogP contribution in [0.3, 0.4) is 0 Å². The first kappa shape index (κ1) is 25.8. The minimum absolute atomic E-state index is 0.0115. The number of hydrogen-bond acceptors (Lipinski definition) is 5. The first-order chi connectivity index (χ1) is 16.0. The van der Waals surface area contributed by atoms with Crippen molar-refractivity contribution in [2.75, 3.05) is 30.4 Å². The quantitative estimate of drug-likeness (QED) is 0.369. The van der Waals surface area contributed by atoms with Gasteiger partial charge in [-0.2, -0.15) is 0 Å². The summed E-state index contributed by atoms with van der Waals surface area (Å²) in [4.78, 5) is 13.0. The minimum Gasteiger partial charge on any atom is -0.493 e. The third-order valence-electron chi connectivity index (χ3n) is 5.19. The molecule has 0 heterocycles. The zero-order chi connectivity index (χ0) is 25.0. The number of carbonyl (C=O) groups is 1. The molecule has 0 fully saturated rings. The predicted molar refractivity (Wildman–Crippen MR) is 143 cm³/mol. The molecule has 0 aliphatic heterocycles. The number of rotatable bonds is 8. The van der Waals surface area contributed by atoms with Gasteiger partial charge in [0.25, 0.3) is 10.0 Å². The van der Waals surface area contributed by atoms with Crippen molar-refractivity contribution in [3.05, 3.63) is 74.9 Å². The lowest BCUT2D eigenvalue weighted by Gasteiger charge is -2.25. The third-order valence-corrected chi connectivity index (χ3v) is 7.63. The van der Waals surface area contributed by atoms with Gasteiger partial charge >= 0.3 is 0 Å². The van der Waals surface area contributed by atoms with Crippen molar-refractivity contribution in [1.82, 2.24) is 0 Å². The van der Waals surface area contributed by atoms with Gasteiger partial charge in [0.15, 0.2) is 11.5 Å². The Labute approximate surface area is 214 Å². The van der Waals surface area contributed by atoms with Gasteiger partial charge in [-0.15, -0.1) is 0 Å². The Morgan fingerprint density at radius 1 is 0.912 bits per heavy atom. The maximum Gasteiger partial charge on any atom is 0.264 e. The monoisotopic (exact) mass is 594 g/mol. The van der Waals surface area contributed by atoms with Crippen LogP contribution in [0.15, 0.2) is 59.5 Å². The van der Waals surface area contributed by atoms with Crippen LogP contribution in [-0.2, 0) is 14.8 Å². The molecule has 34 heavy (non-hydrogen) atoms. The Morgan fingerprint density at radius 2 is 1.56 bits per heavy atom. The van der Waals surface area contributed by atoms with E-state index in [1.807, 2.05) is 39.0 Å². The molecule has 0 unspecified atom stereocenters. The van der Waals surface area contributed by atoms with Gasteiger partial charge in [-0.1, -0.05) is 6.07 Å². The fourth-order valence-corrected chi connectivity index (χ4v) is 5.67. The molecule has 1 N–H and O–H groups in total. The van der Waals surface area contributed by atoms with Crippen LogP contribution in [0, 0.1) is 24.3 Å². The molecule has 0 radical (unpaired) electrons. The van der Waals surface area contributed by atoms with Gasteiger partial charge in [-0.05, 0) is 103 Å². The molecule has 0 saturated heterocycles. The lowest BCUT2D eigenvalue weighted by Crippen LogP contribution is -2.38. The maximum atomic E-state index is 13.8. The van der Waals surface area contributed by atoms with Crippen LogP contribution >= 0.6 is 22.6 Å². The summed E-state index contributed by atoms with van der Waals surface area (Å²) in [7, 11) is -1.20. The van der Waals surface area contributed by atoms with Crippen molar-refractivity contribution >= 4 is 49.9 Å². The molecule has 0 saturated carbocycles. The van der Waals surface area contributed by atoms with Crippen LogP contribution in [0.25, 0.3) is 0 Å². The van der Waals surface area contributed by atoms with Crippen molar-refractivity contribution in [3.8, 4) is 11.5 Å². The average molecular weight is 594 g/mol. The van der Waals surface area contributed by atoms with Gasteiger partial charge in [0, 0.05) is 15.3 Å². The second-order valence-corrected chi connectivity index (χ2v) is 11.0. The first-order valence-corrected chi connectivity index (χ1v) is 13.0. The number of carbonyl (C=O) groups excluding carboxylic acids is 1. The number of amides is 1. The number of methoxy groups -OCH3 is 2. The fourth-order valence-electron chi connectivity index (χ4n) is 3.60. The zero-order valence-electron chi connectivity index (χ0n) is 19.7. The molecular weight excluding hydrogens is 567 g/mol. The molecule has 0 aliphatic rings. The van der Waals surface area contributed by atoms with Crippen LogP contribution in [0.2, 0.25) is 0 Å². The summed E-state index contributed by atoms with van der Waals surface area (Å²) in [6, 6.07) is 15.4. The van der Waals surface area contributed by atoms with E-state index in [0.717, 1.165) is 24.6 Å². The largest absolute Gasteiger partial charge is 0.493 e. The highest BCUT2D eigenvalue weighted by atomic mass is 127. The SMILES string of the molecule is COc1ccc(S(=O)(=O)N(CC(=O)Nc2ccc(I)cc2C)c2cc(C)cc(C)c2)cc1OC. The molecule has 3 aromatic carbocycles. The molecule has 1 amide bonds. The summed E-state index contributed by atoms with van der Waals surface area (Å²) in [5, 5.41) is 2.84. The lowest BCUT2D eigenvalue weighted by molar-refractivity contribution is -0.114. The average Bonchev–Trinajstić information content (AvgIpc) is 2.78. The van der Waals surface area contributed by atoms with E-state index in [9.17, 15) is 13.2 Å². The van der Waals surface area contributed by atoms with E-state index in [2.05, 4.69) is 27.9 Å². The lowest BCUT2D eigenvalue weighted by atomic mass is 10.1. The molecular formula is C25H27IN2O5S. The summed E-state index contributed by atoms with van der Waals surface area (Å²) in [6.07, 6.45) is 0. The minimum atomic E-state index is -4.11. The van der Waals surface area contributed by atoms with Crippen LogP contribution in [0.1, 0.15) is 16.7 Å². The predicted octanol–water partition coefficient (Wildman–Crippen LogP) is 5.07. The molecule has 0 atom stereocenters. The number of nitrogens with zero attached hydrogens (tertiary/aromatic N) is 1. The molecule has 0 aromatic heterocycles. The number of aryl methyl sites for hydroxylation is 3. The molecule has 0 aliphatic carbocycles. The van der Waals surface area contributed by atoms with E-state index >= 15 is 0 Å². The van der Waals surface area contributed by atoms with E-state index in [4.69, 9.17) is 9.47 Å². The Morgan fingerprint density at radius 3 is 2.15 bits per heavy atom. The molecule has 0 bridgehead atoms. The molecule has 9 heteroatoms. The van der Waals surface area contributed by atoms with E-state index in [0.29, 0.717) is 17.1 Å². The molecule has 3 aromatic rings. The molecule has 0 spiro atoms. The number of nitrogens with one attached hydrogen (secondary N) is 1. The highest BCUT2D eigenvalue weighted by Gasteiger charge is 2.29. The fraction of sp³-hybridized carbons (Fsp3) is 0.240. The van der Waals surface area contributed by atoms with Gasteiger partial charge < -0.3 is 14.8 Å². The normalized spacial score (nSPS) is 11.1. The number of ether oxygens (including phenoxy) is 2. The van der Waals surface area contributed by atoms with Crippen molar-refractivity contribution < 1.29 is 22.7 Å². The van der Waals surface area contributed by atoms with Crippen molar-refractivity contribution in [2.24, 2.45) is 0 Å². The van der Waals surface area contributed by atoms with Gasteiger partial charge in [-0.3, -0.25) is 9.10 Å². The van der Waals surface area contributed by atoms with Crippen molar-refractivity contribution in [3.63, 3.8) is 0 Å². The van der Waals surface area contributed by atoms with Crippen LogP contribution < -0.4 is 19.1 Å². The number of anilines is 2. The second kappa shape index (κ2) is 10.6. The summed E-state index contributed by atoms with van der Waals surface area (Å²) in [5.41, 5.74) is 3.70. The Hall–Kier alpha value is -2.79. The Kier molecular flexibility index (Phi) is 8.09. The van der Waals surface area contributed by atoms with Crippen molar-refractivity contribution in [2.45, 2.75) is 25.7 Å². The molecule has 3 rings (SSSR count). The van der Waals surface area contributed by atoms with Crippen LogP contribution in [0.5, 0.6) is 11.5 Å². The van der Waals surface area contributed by atoms with Gasteiger partial charge in [-0.25, -0.2) is 8.42 Å². The topological polar surface area (TPSA) is 84.9 Å². The number of sulfonamides is 1. The maximum absolute atomic E-state index is 13.8. The molecule has 180 valence electrons. The van der Waals surface area contributed by atoms with Crippen LogP contribution in [0.4, 0.5) is 11.4 Å². The van der Waals surface area contributed by atoms with E-state index < -0.39 is 22.5 Å². The highest BCUT2D eigenvalue weighted by Crippen LogP contribution is 2.33. The summed E-state index contributed by atoms with van der Waals surface area (Å²) in [5.74, 6) is 0.238. The third kappa shape index (κ3) is 5.82. The Bertz CT molecular complexity index is 1300.